The maximum Gasteiger partial charge on any atom is 0.280 e. The number of rotatable bonds is 5. The van der Waals surface area contributed by atoms with Crippen molar-refractivity contribution in [3.63, 3.8) is 0 Å². The van der Waals surface area contributed by atoms with E-state index in [4.69, 9.17) is 4.74 Å². The van der Waals surface area contributed by atoms with Crippen LogP contribution in [-0.2, 0) is 4.79 Å². The van der Waals surface area contributed by atoms with Gasteiger partial charge in [-0.2, -0.15) is 10.1 Å². The van der Waals surface area contributed by atoms with Gasteiger partial charge in [-0.05, 0) is 48.4 Å². The van der Waals surface area contributed by atoms with Crippen LogP contribution in [0.1, 0.15) is 25.8 Å². The van der Waals surface area contributed by atoms with Gasteiger partial charge in [0, 0.05) is 5.56 Å². The summed E-state index contributed by atoms with van der Waals surface area (Å²) in [7, 11) is 0. The Bertz CT molecular complexity index is 1080. The molecule has 0 fully saturated rings. The molecule has 0 aromatic heterocycles. The monoisotopic (exact) mass is 370 g/mol. The molecule has 140 valence electrons. The van der Waals surface area contributed by atoms with Crippen LogP contribution in [0, 0.1) is 0 Å². The van der Waals surface area contributed by atoms with Crippen molar-refractivity contribution in [2.45, 2.75) is 20.3 Å². The lowest BCUT2D eigenvalue weighted by molar-refractivity contribution is -0.114. The minimum Gasteiger partial charge on any atom is -0.493 e. The van der Waals surface area contributed by atoms with E-state index in [1.165, 1.54) is 5.01 Å². The Morgan fingerprint density at radius 1 is 1.00 bits per heavy atom. The number of hydrazone groups is 1. The molecule has 0 unspecified atom stereocenters. The first-order chi connectivity index (χ1) is 13.7. The minimum atomic E-state index is -0.127. The van der Waals surface area contributed by atoms with E-state index in [1.54, 1.807) is 0 Å². The summed E-state index contributed by atoms with van der Waals surface area (Å²) in [6, 6.07) is 21.6. The number of fused-ring (bicyclic) bond motifs is 1. The number of nitrogens with zero attached hydrogens (tertiary/aromatic N) is 2. The van der Waals surface area contributed by atoms with Crippen molar-refractivity contribution < 1.29 is 9.53 Å². The van der Waals surface area contributed by atoms with Gasteiger partial charge >= 0.3 is 0 Å². The summed E-state index contributed by atoms with van der Waals surface area (Å²) < 4.78 is 5.98. The Morgan fingerprint density at radius 3 is 2.54 bits per heavy atom. The normalized spacial score (nSPS) is 15.4. The summed E-state index contributed by atoms with van der Waals surface area (Å²) in [6.45, 7) is 4.57. The van der Waals surface area contributed by atoms with Crippen LogP contribution in [0.4, 0.5) is 5.69 Å². The van der Waals surface area contributed by atoms with Crippen molar-refractivity contribution in [2.75, 3.05) is 11.6 Å². The van der Waals surface area contributed by atoms with Crippen molar-refractivity contribution >= 4 is 34.2 Å². The quantitative estimate of drug-likeness (QED) is 0.562. The highest BCUT2D eigenvalue weighted by molar-refractivity contribution is 6.32. The highest BCUT2D eigenvalue weighted by Crippen LogP contribution is 2.32. The fourth-order valence-electron chi connectivity index (χ4n) is 3.34. The number of hydrogen-bond acceptors (Lipinski definition) is 3. The van der Waals surface area contributed by atoms with Crippen LogP contribution in [-0.4, -0.2) is 18.2 Å². The molecular weight excluding hydrogens is 348 g/mol. The fourth-order valence-corrected chi connectivity index (χ4v) is 3.34. The molecule has 3 aromatic rings. The van der Waals surface area contributed by atoms with Crippen LogP contribution < -0.4 is 9.75 Å². The van der Waals surface area contributed by atoms with Gasteiger partial charge in [0.15, 0.2) is 0 Å². The van der Waals surface area contributed by atoms with Crippen LogP contribution in [0.5, 0.6) is 5.75 Å². The highest BCUT2D eigenvalue weighted by Gasteiger charge is 2.29. The lowest BCUT2D eigenvalue weighted by Crippen LogP contribution is -2.21. The lowest BCUT2D eigenvalue weighted by atomic mass is 9.99. The number of anilines is 1. The number of para-hydroxylation sites is 1. The zero-order valence-electron chi connectivity index (χ0n) is 16.1. The predicted octanol–water partition coefficient (Wildman–Crippen LogP) is 5.43. The van der Waals surface area contributed by atoms with Crippen molar-refractivity contribution in [3.05, 3.63) is 77.9 Å². The number of amides is 1. The molecule has 0 bridgehead atoms. The second-order valence-electron chi connectivity index (χ2n) is 6.74. The Morgan fingerprint density at radius 2 is 1.75 bits per heavy atom. The molecule has 1 aliphatic heterocycles. The zero-order valence-corrected chi connectivity index (χ0v) is 16.1. The maximum absolute atomic E-state index is 13.1. The van der Waals surface area contributed by atoms with Crippen LogP contribution >= 0.6 is 0 Å². The van der Waals surface area contributed by atoms with Gasteiger partial charge in [-0.15, -0.1) is 0 Å². The maximum atomic E-state index is 13.1. The number of ether oxygens (including phenoxy) is 1. The average molecular weight is 370 g/mol. The Labute approximate surface area is 164 Å². The van der Waals surface area contributed by atoms with E-state index < -0.39 is 0 Å². The van der Waals surface area contributed by atoms with Crippen molar-refractivity contribution in [1.82, 2.24) is 0 Å². The van der Waals surface area contributed by atoms with E-state index in [0.717, 1.165) is 34.2 Å². The van der Waals surface area contributed by atoms with Crippen molar-refractivity contribution in [3.8, 4) is 5.75 Å². The molecule has 1 aliphatic rings. The summed E-state index contributed by atoms with van der Waals surface area (Å²) in [6.07, 6.45) is 2.83. The molecule has 0 N–H and O–H groups in total. The highest BCUT2D eigenvalue weighted by atomic mass is 16.5. The molecule has 28 heavy (non-hydrogen) atoms. The SMILES string of the molecule is CCCOc1ccc2ccccc2c1/C=C1\C(=O)N(c2ccccc2)N=C1C. The van der Waals surface area contributed by atoms with Gasteiger partial charge in [0.2, 0.25) is 0 Å². The van der Waals surface area contributed by atoms with Crippen LogP contribution in [0.25, 0.3) is 16.8 Å². The van der Waals surface area contributed by atoms with Gasteiger partial charge in [-0.3, -0.25) is 4.79 Å². The third-order valence-corrected chi connectivity index (χ3v) is 4.74. The topological polar surface area (TPSA) is 41.9 Å². The van der Waals surface area contributed by atoms with E-state index >= 15 is 0 Å². The summed E-state index contributed by atoms with van der Waals surface area (Å²) >= 11 is 0. The van der Waals surface area contributed by atoms with Gasteiger partial charge < -0.3 is 4.74 Å². The van der Waals surface area contributed by atoms with E-state index in [1.807, 2.05) is 61.5 Å². The number of hydrogen-bond donors (Lipinski definition) is 0. The lowest BCUT2D eigenvalue weighted by Gasteiger charge is -2.13. The number of carbonyl (C=O) groups is 1. The van der Waals surface area contributed by atoms with E-state index in [-0.39, 0.29) is 5.91 Å². The summed E-state index contributed by atoms with van der Waals surface area (Å²) in [5, 5.41) is 8.10. The first kappa shape index (κ1) is 18.0. The molecule has 4 heteroatoms. The Hall–Kier alpha value is -3.40. The first-order valence-electron chi connectivity index (χ1n) is 9.50. The Kier molecular flexibility index (Phi) is 4.94. The second kappa shape index (κ2) is 7.69. The molecule has 4 rings (SSSR count). The molecular formula is C24H22N2O2. The number of carbonyl (C=O) groups excluding carboxylic acids is 1. The van der Waals surface area contributed by atoms with Crippen molar-refractivity contribution in [2.24, 2.45) is 5.10 Å². The predicted molar refractivity (Wildman–Crippen MR) is 115 cm³/mol. The van der Waals surface area contributed by atoms with Gasteiger partial charge in [0.25, 0.3) is 5.91 Å². The zero-order chi connectivity index (χ0) is 19.5. The third kappa shape index (κ3) is 3.29. The Balaban J connectivity index is 1.81. The standard InChI is InChI=1S/C24H22N2O2/c1-3-15-28-23-14-13-18-9-7-8-12-20(18)22(23)16-21-17(2)25-26(24(21)27)19-10-5-4-6-11-19/h4-14,16H,3,15H2,1-2H3/b21-16-. The minimum absolute atomic E-state index is 0.127. The molecule has 0 saturated carbocycles. The molecule has 0 spiro atoms. The van der Waals surface area contributed by atoms with Crippen LogP contribution in [0.2, 0.25) is 0 Å². The van der Waals surface area contributed by atoms with Crippen LogP contribution in [0.3, 0.4) is 0 Å². The number of benzene rings is 3. The fraction of sp³-hybridized carbons (Fsp3) is 0.167. The molecule has 0 atom stereocenters. The first-order valence-corrected chi connectivity index (χ1v) is 9.50. The largest absolute Gasteiger partial charge is 0.493 e. The molecule has 4 nitrogen and oxygen atoms in total. The van der Waals surface area contributed by atoms with Gasteiger partial charge in [-0.1, -0.05) is 55.5 Å². The summed E-state index contributed by atoms with van der Waals surface area (Å²) in [4.78, 5) is 13.1. The molecule has 3 aromatic carbocycles. The molecule has 0 radical (unpaired) electrons. The molecule has 0 saturated heterocycles. The summed E-state index contributed by atoms with van der Waals surface area (Å²) in [5.74, 6) is 0.657. The smallest absolute Gasteiger partial charge is 0.280 e. The second-order valence-corrected chi connectivity index (χ2v) is 6.74. The summed E-state index contributed by atoms with van der Waals surface area (Å²) in [5.41, 5.74) is 2.96. The van der Waals surface area contributed by atoms with E-state index in [9.17, 15) is 4.79 Å². The molecule has 1 heterocycles. The van der Waals surface area contributed by atoms with E-state index in [0.29, 0.717) is 17.9 Å². The third-order valence-electron chi connectivity index (χ3n) is 4.74. The van der Waals surface area contributed by atoms with Crippen molar-refractivity contribution in [1.29, 1.82) is 0 Å². The van der Waals surface area contributed by atoms with Crippen LogP contribution in [0.15, 0.2) is 77.4 Å². The van der Waals surface area contributed by atoms with Gasteiger partial charge in [0.1, 0.15) is 5.75 Å². The van der Waals surface area contributed by atoms with Gasteiger partial charge in [0.05, 0.1) is 23.6 Å². The molecule has 0 aliphatic carbocycles. The van der Waals surface area contributed by atoms with Gasteiger partial charge in [-0.25, -0.2) is 0 Å². The average Bonchev–Trinajstić information content (AvgIpc) is 3.02. The molecule has 1 amide bonds. The van der Waals surface area contributed by atoms with E-state index in [2.05, 4.69) is 30.2 Å².